The number of ether oxygens (including phenoxy) is 1. The average Bonchev–Trinajstić information content (AvgIpc) is 2.59. The number of rotatable bonds is 4. The lowest BCUT2D eigenvalue weighted by Gasteiger charge is -2.09. The van der Waals surface area contributed by atoms with Gasteiger partial charge in [0, 0.05) is 18.3 Å². The summed E-state index contributed by atoms with van der Waals surface area (Å²) in [6, 6.07) is 1.54. The third kappa shape index (κ3) is 2.68. The van der Waals surface area contributed by atoms with E-state index in [1.165, 1.54) is 7.11 Å². The summed E-state index contributed by atoms with van der Waals surface area (Å²) in [7, 11) is 1.33. The molecule has 4 nitrogen and oxygen atoms in total. The summed E-state index contributed by atoms with van der Waals surface area (Å²) >= 11 is 0. The van der Waals surface area contributed by atoms with E-state index in [0.29, 0.717) is 23.7 Å². The Bertz CT molecular complexity index is 366. The highest BCUT2D eigenvalue weighted by Crippen LogP contribution is 2.11. The summed E-state index contributed by atoms with van der Waals surface area (Å²) in [5.41, 5.74) is 0.921. The van der Waals surface area contributed by atoms with Gasteiger partial charge in [-0.05, 0) is 12.0 Å². The molecule has 15 heavy (non-hydrogen) atoms. The maximum atomic E-state index is 11.4. The van der Waals surface area contributed by atoms with Gasteiger partial charge in [-0.2, -0.15) is 0 Å². The molecule has 0 saturated heterocycles. The van der Waals surface area contributed by atoms with Crippen LogP contribution in [0.15, 0.2) is 12.3 Å². The monoisotopic (exact) mass is 209 g/mol. The summed E-state index contributed by atoms with van der Waals surface area (Å²) in [5, 5.41) is 0. The molecule has 82 valence electrons. The lowest BCUT2D eigenvalue weighted by atomic mass is 10.2. The van der Waals surface area contributed by atoms with Crippen LogP contribution in [0.2, 0.25) is 0 Å². The Balaban J connectivity index is 3.05. The van der Waals surface area contributed by atoms with Crippen molar-refractivity contribution in [1.82, 2.24) is 4.57 Å². The molecule has 0 fully saturated rings. The summed E-state index contributed by atoms with van der Waals surface area (Å²) in [6.45, 7) is 4.78. The summed E-state index contributed by atoms with van der Waals surface area (Å²) in [6.07, 6.45) is 2.39. The predicted octanol–water partition coefficient (Wildman–Crippen LogP) is 1.74. The molecular formula is C11H15NO3. The first-order valence-corrected chi connectivity index (χ1v) is 4.82. The van der Waals surface area contributed by atoms with Gasteiger partial charge in [-0.1, -0.05) is 13.8 Å². The number of aldehydes is 1. The van der Waals surface area contributed by atoms with Gasteiger partial charge in [-0.25, -0.2) is 4.79 Å². The van der Waals surface area contributed by atoms with Gasteiger partial charge in [0.2, 0.25) is 0 Å². The van der Waals surface area contributed by atoms with E-state index in [1.807, 2.05) is 13.8 Å². The number of aromatic nitrogens is 1. The summed E-state index contributed by atoms with van der Waals surface area (Å²) in [4.78, 5) is 22.0. The van der Waals surface area contributed by atoms with Gasteiger partial charge in [0.15, 0.2) is 6.29 Å². The fourth-order valence-electron chi connectivity index (χ4n) is 1.42. The zero-order chi connectivity index (χ0) is 11.4. The fourth-order valence-corrected chi connectivity index (χ4v) is 1.42. The third-order valence-corrected chi connectivity index (χ3v) is 2.01. The van der Waals surface area contributed by atoms with Gasteiger partial charge < -0.3 is 9.30 Å². The van der Waals surface area contributed by atoms with Crippen LogP contribution >= 0.6 is 0 Å². The summed E-state index contributed by atoms with van der Waals surface area (Å²) < 4.78 is 6.39. The molecular weight excluding hydrogens is 194 g/mol. The van der Waals surface area contributed by atoms with Crippen LogP contribution in [0.3, 0.4) is 0 Å². The number of nitrogens with zero attached hydrogens (tertiary/aromatic N) is 1. The number of methoxy groups -OCH3 is 1. The molecule has 0 atom stereocenters. The molecule has 1 rings (SSSR count). The van der Waals surface area contributed by atoms with E-state index in [4.69, 9.17) is 0 Å². The zero-order valence-electron chi connectivity index (χ0n) is 9.19. The Labute approximate surface area is 88.8 Å². The summed E-state index contributed by atoms with van der Waals surface area (Å²) in [5.74, 6) is -0.0101. The van der Waals surface area contributed by atoms with Crippen LogP contribution in [-0.2, 0) is 11.3 Å². The van der Waals surface area contributed by atoms with E-state index < -0.39 is 5.97 Å². The SMILES string of the molecule is COC(=O)c1cc(C=O)cn1CC(C)C. The second-order valence-corrected chi connectivity index (χ2v) is 3.81. The van der Waals surface area contributed by atoms with Crippen molar-refractivity contribution in [3.8, 4) is 0 Å². The minimum Gasteiger partial charge on any atom is -0.464 e. The highest BCUT2D eigenvalue weighted by atomic mass is 16.5. The molecule has 0 unspecified atom stereocenters. The molecule has 1 heterocycles. The van der Waals surface area contributed by atoms with Gasteiger partial charge >= 0.3 is 5.97 Å². The Morgan fingerprint density at radius 1 is 1.60 bits per heavy atom. The first kappa shape index (κ1) is 11.5. The van der Waals surface area contributed by atoms with Crippen molar-refractivity contribution in [3.05, 3.63) is 23.5 Å². The normalized spacial score (nSPS) is 10.4. The molecule has 1 aromatic rings. The van der Waals surface area contributed by atoms with Crippen LogP contribution in [0.5, 0.6) is 0 Å². The predicted molar refractivity (Wildman–Crippen MR) is 56.0 cm³/mol. The van der Waals surface area contributed by atoms with Gasteiger partial charge in [-0.15, -0.1) is 0 Å². The number of hydrogen-bond acceptors (Lipinski definition) is 3. The first-order chi connectivity index (χ1) is 7.08. The molecule has 0 N–H and O–H groups in total. The maximum Gasteiger partial charge on any atom is 0.354 e. The molecule has 0 amide bonds. The van der Waals surface area contributed by atoms with Crippen molar-refractivity contribution in [3.63, 3.8) is 0 Å². The van der Waals surface area contributed by atoms with E-state index in [-0.39, 0.29) is 0 Å². The van der Waals surface area contributed by atoms with E-state index in [9.17, 15) is 9.59 Å². The standard InChI is InChI=1S/C11H15NO3/c1-8(2)5-12-6-9(7-13)4-10(12)11(14)15-3/h4,6-8H,5H2,1-3H3. The van der Waals surface area contributed by atoms with E-state index in [1.54, 1.807) is 16.8 Å². The Morgan fingerprint density at radius 2 is 2.27 bits per heavy atom. The second-order valence-electron chi connectivity index (χ2n) is 3.81. The molecule has 0 aromatic carbocycles. The van der Waals surface area contributed by atoms with E-state index >= 15 is 0 Å². The van der Waals surface area contributed by atoms with Crippen molar-refractivity contribution in [1.29, 1.82) is 0 Å². The quantitative estimate of drug-likeness (QED) is 0.560. The van der Waals surface area contributed by atoms with Gasteiger partial charge in [0.05, 0.1) is 7.11 Å². The van der Waals surface area contributed by atoms with Crippen LogP contribution < -0.4 is 0 Å². The average molecular weight is 209 g/mol. The minimum atomic E-state index is -0.413. The fraction of sp³-hybridized carbons (Fsp3) is 0.455. The number of carbonyl (C=O) groups excluding carboxylic acids is 2. The molecule has 0 radical (unpaired) electrons. The van der Waals surface area contributed by atoms with Gasteiger partial charge in [-0.3, -0.25) is 4.79 Å². The lowest BCUT2D eigenvalue weighted by Crippen LogP contribution is -2.12. The Morgan fingerprint density at radius 3 is 2.73 bits per heavy atom. The van der Waals surface area contributed by atoms with Crippen LogP contribution in [0.25, 0.3) is 0 Å². The molecule has 0 spiro atoms. The van der Waals surface area contributed by atoms with Crippen LogP contribution in [-0.4, -0.2) is 23.9 Å². The maximum absolute atomic E-state index is 11.4. The number of esters is 1. The van der Waals surface area contributed by atoms with Crippen LogP contribution in [0.4, 0.5) is 0 Å². The van der Waals surface area contributed by atoms with Crippen LogP contribution in [0.1, 0.15) is 34.7 Å². The van der Waals surface area contributed by atoms with Crippen molar-refractivity contribution in [2.75, 3.05) is 7.11 Å². The highest BCUT2D eigenvalue weighted by molar-refractivity contribution is 5.90. The van der Waals surface area contributed by atoms with Crippen molar-refractivity contribution < 1.29 is 14.3 Å². The zero-order valence-corrected chi connectivity index (χ0v) is 9.19. The first-order valence-electron chi connectivity index (χ1n) is 4.82. The third-order valence-electron chi connectivity index (χ3n) is 2.01. The van der Waals surface area contributed by atoms with Crippen molar-refractivity contribution >= 4 is 12.3 Å². The largest absolute Gasteiger partial charge is 0.464 e. The number of hydrogen-bond donors (Lipinski definition) is 0. The van der Waals surface area contributed by atoms with Crippen molar-refractivity contribution in [2.45, 2.75) is 20.4 Å². The van der Waals surface area contributed by atoms with E-state index in [2.05, 4.69) is 4.74 Å². The van der Waals surface area contributed by atoms with Gasteiger partial charge in [0.25, 0.3) is 0 Å². The molecule has 4 heteroatoms. The molecule has 0 saturated carbocycles. The Kier molecular flexibility index (Phi) is 3.66. The topological polar surface area (TPSA) is 48.3 Å². The molecule has 0 bridgehead atoms. The van der Waals surface area contributed by atoms with Crippen LogP contribution in [0, 0.1) is 5.92 Å². The smallest absolute Gasteiger partial charge is 0.354 e. The Hall–Kier alpha value is -1.58. The molecule has 1 aromatic heterocycles. The molecule has 0 aliphatic carbocycles. The lowest BCUT2D eigenvalue weighted by molar-refractivity contribution is 0.0587. The highest BCUT2D eigenvalue weighted by Gasteiger charge is 2.14. The van der Waals surface area contributed by atoms with E-state index in [0.717, 1.165) is 6.29 Å². The van der Waals surface area contributed by atoms with Crippen molar-refractivity contribution in [2.24, 2.45) is 5.92 Å². The minimum absolute atomic E-state index is 0.403. The second kappa shape index (κ2) is 4.77. The van der Waals surface area contributed by atoms with Gasteiger partial charge in [0.1, 0.15) is 5.69 Å². The number of carbonyl (C=O) groups is 2. The molecule has 0 aliphatic heterocycles. The molecule has 0 aliphatic rings.